The van der Waals surface area contributed by atoms with Crippen molar-refractivity contribution in [2.45, 2.75) is 6.92 Å². The second-order valence-electron chi connectivity index (χ2n) is 2.90. The number of hydrogen-bond acceptors (Lipinski definition) is 2. The van der Waals surface area contributed by atoms with Crippen LogP contribution in [-0.4, -0.2) is 10.1 Å². The van der Waals surface area contributed by atoms with Gasteiger partial charge in [0.1, 0.15) is 0 Å². The number of hydrogen-bond donors (Lipinski definition) is 3. The molecule has 0 saturated carbocycles. The van der Waals surface area contributed by atoms with Gasteiger partial charge in [0.25, 0.3) is 0 Å². The first-order valence-corrected chi connectivity index (χ1v) is 3.75. The number of benzene rings is 1. The van der Waals surface area contributed by atoms with Crippen LogP contribution in [0.1, 0.15) is 5.56 Å². The van der Waals surface area contributed by atoms with Crippen LogP contribution in [0.25, 0.3) is 10.9 Å². The minimum absolute atomic E-state index is 0.218. The highest BCUT2D eigenvalue weighted by molar-refractivity contribution is 5.87. The molecule has 0 atom stereocenters. The molecular formula is C9H10N2O. The highest BCUT2D eigenvalue weighted by atomic mass is 16.3. The van der Waals surface area contributed by atoms with Crippen LogP contribution in [0.5, 0.6) is 5.88 Å². The lowest BCUT2D eigenvalue weighted by molar-refractivity contribution is 0.454. The summed E-state index contributed by atoms with van der Waals surface area (Å²) in [4.78, 5) is 2.84. The Balaban J connectivity index is 2.87. The number of aryl methyl sites for hydroxylation is 1. The molecule has 0 aliphatic rings. The summed E-state index contributed by atoms with van der Waals surface area (Å²) in [5.41, 5.74) is 8.02. The Morgan fingerprint density at radius 3 is 2.92 bits per heavy atom. The molecule has 2 aromatic rings. The summed E-state index contributed by atoms with van der Waals surface area (Å²) in [6.07, 6.45) is 0. The van der Waals surface area contributed by atoms with Crippen molar-refractivity contribution in [1.29, 1.82) is 0 Å². The van der Waals surface area contributed by atoms with E-state index in [1.54, 1.807) is 0 Å². The lowest BCUT2D eigenvalue weighted by atomic mass is 10.2. The number of aromatic nitrogens is 1. The first-order chi connectivity index (χ1) is 5.68. The summed E-state index contributed by atoms with van der Waals surface area (Å²) in [7, 11) is 0. The zero-order chi connectivity index (χ0) is 8.72. The van der Waals surface area contributed by atoms with Gasteiger partial charge in [0, 0.05) is 16.6 Å². The maximum absolute atomic E-state index is 9.34. The fraction of sp³-hybridized carbons (Fsp3) is 0.111. The van der Waals surface area contributed by atoms with E-state index >= 15 is 0 Å². The number of fused-ring (bicyclic) bond motifs is 1. The van der Waals surface area contributed by atoms with Crippen molar-refractivity contribution in [2.24, 2.45) is 0 Å². The van der Waals surface area contributed by atoms with Crippen molar-refractivity contribution >= 4 is 16.6 Å². The maximum Gasteiger partial charge on any atom is 0.192 e. The number of rotatable bonds is 0. The molecule has 2 rings (SSSR count). The number of anilines is 1. The summed E-state index contributed by atoms with van der Waals surface area (Å²) < 4.78 is 0. The van der Waals surface area contributed by atoms with Crippen LogP contribution >= 0.6 is 0 Å². The summed E-state index contributed by atoms with van der Waals surface area (Å²) in [6.45, 7) is 1.87. The maximum atomic E-state index is 9.34. The molecule has 0 bridgehead atoms. The number of aromatic amines is 1. The third-order valence-electron chi connectivity index (χ3n) is 2.06. The quantitative estimate of drug-likeness (QED) is 0.517. The minimum atomic E-state index is 0.218. The molecule has 4 N–H and O–H groups in total. The predicted octanol–water partition coefficient (Wildman–Crippen LogP) is 1.76. The van der Waals surface area contributed by atoms with Crippen molar-refractivity contribution in [3.05, 3.63) is 23.8 Å². The number of nitrogen functional groups attached to an aromatic ring is 1. The number of nitrogens with two attached hydrogens (primary N) is 1. The lowest BCUT2D eigenvalue weighted by Crippen LogP contribution is -1.82. The van der Waals surface area contributed by atoms with Gasteiger partial charge < -0.3 is 15.8 Å². The number of aromatic hydroxyl groups is 1. The molecule has 0 fully saturated rings. The zero-order valence-electron chi connectivity index (χ0n) is 6.76. The molecule has 12 heavy (non-hydrogen) atoms. The molecule has 0 saturated heterocycles. The van der Waals surface area contributed by atoms with Gasteiger partial charge in [-0.15, -0.1) is 0 Å². The normalized spacial score (nSPS) is 10.8. The zero-order valence-corrected chi connectivity index (χ0v) is 6.76. The Labute approximate surface area is 69.8 Å². The molecule has 62 valence electrons. The molecule has 0 spiro atoms. The van der Waals surface area contributed by atoms with Crippen LogP contribution in [0.4, 0.5) is 5.69 Å². The highest BCUT2D eigenvalue weighted by Crippen LogP contribution is 2.26. The molecule has 3 nitrogen and oxygen atoms in total. The van der Waals surface area contributed by atoms with Gasteiger partial charge in [-0.1, -0.05) is 6.07 Å². The van der Waals surface area contributed by atoms with E-state index < -0.39 is 0 Å². The number of nitrogens with one attached hydrogen (secondary N) is 1. The molecular weight excluding hydrogens is 152 g/mol. The summed E-state index contributed by atoms with van der Waals surface area (Å²) in [5.74, 6) is 0.218. The first-order valence-electron chi connectivity index (χ1n) is 3.75. The molecule has 0 aliphatic carbocycles. The van der Waals surface area contributed by atoms with E-state index in [1.807, 2.05) is 25.1 Å². The van der Waals surface area contributed by atoms with Crippen LogP contribution in [0.2, 0.25) is 0 Å². The summed E-state index contributed by atoms with van der Waals surface area (Å²) >= 11 is 0. The van der Waals surface area contributed by atoms with Gasteiger partial charge in [0.15, 0.2) is 5.88 Å². The predicted molar refractivity (Wildman–Crippen MR) is 49.1 cm³/mol. The fourth-order valence-corrected chi connectivity index (χ4v) is 1.34. The van der Waals surface area contributed by atoms with E-state index in [0.717, 1.165) is 16.5 Å². The molecule has 1 heterocycles. The monoisotopic (exact) mass is 162 g/mol. The number of H-pyrrole nitrogens is 1. The average molecular weight is 162 g/mol. The molecule has 1 aromatic heterocycles. The second-order valence-corrected chi connectivity index (χ2v) is 2.90. The van der Waals surface area contributed by atoms with Crippen LogP contribution in [0.15, 0.2) is 18.2 Å². The standard InChI is InChI=1S/C9H10N2O/c1-5-7-3-2-6(10)4-8(7)11-9(5)12/h2-4,11-12H,10H2,1H3. The van der Waals surface area contributed by atoms with Crippen molar-refractivity contribution in [3.63, 3.8) is 0 Å². The van der Waals surface area contributed by atoms with Gasteiger partial charge in [0.2, 0.25) is 0 Å². The van der Waals surface area contributed by atoms with Gasteiger partial charge in [-0.3, -0.25) is 0 Å². The van der Waals surface area contributed by atoms with Crippen LogP contribution < -0.4 is 5.73 Å². The molecule has 1 aromatic carbocycles. The minimum Gasteiger partial charge on any atom is -0.494 e. The molecule has 0 radical (unpaired) electrons. The lowest BCUT2D eigenvalue weighted by Gasteiger charge is -1.92. The Morgan fingerprint density at radius 1 is 1.42 bits per heavy atom. The third-order valence-corrected chi connectivity index (χ3v) is 2.06. The SMILES string of the molecule is Cc1c(O)[nH]c2cc(N)ccc12. The average Bonchev–Trinajstić information content (AvgIpc) is 2.28. The van der Waals surface area contributed by atoms with Gasteiger partial charge in [0.05, 0.1) is 5.52 Å². The molecule has 3 heteroatoms. The second kappa shape index (κ2) is 2.17. The van der Waals surface area contributed by atoms with E-state index in [-0.39, 0.29) is 5.88 Å². The summed E-state index contributed by atoms with van der Waals surface area (Å²) in [5, 5.41) is 10.4. The Kier molecular flexibility index (Phi) is 1.27. The Morgan fingerprint density at radius 2 is 2.17 bits per heavy atom. The van der Waals surface area contributed by atoms with Crippen molar-refractivity contribution in [3.8, 4) is 5.88 Å². The molecule has 0 unspecified atom stereocenters. The van der Waals surface area contributed by atoms with E-state index in [1.165, 1.54) is 0 Å². The smallest absolute Gasteiger partial charge is 0.192 e. The van der Waals surface area contributed by atoms with E-state index in [2.05, 4.69) is 4.98 Å². The van der Waals surface area contributed by atoms with Crippen LogP contribution in [0, 0.1) is 6.92 Å². The van der Waals surface area contributed by atoms with Crippen molar-refractivity contribution < 1.29 is 5.11 Å². The largest absolute Gasteiger partial charge is 0.494 e. The van der Waals surface area contributed by atoms with Gasteiger partial charge in [-0.05, 0) is 19.1 Å². The van der Waals surface area contributed by atoms with Gasteiger partial charge in [-0.25, -0.2) is 0 Å². The third kappa shape index (κ3) is 0.830. The van der Waals surface area contributed by atoms with Crippen LogP contribution in [0.3, 0.4) is 0 Å². The molecule has 0 amide bonds. The van der Waals surface area contributed by atoms with Crippen LogP contribution in [-0.2, 0) is 0 Å². The van der Waals surface area contributed by atoms with E-state index in [4.69, 9.17) is 5.73 Å². The Bertz CT molecular complexity index is 431. The van der Waals surface area contributed by atoms with Crippen molar-refractivity contribution in [1.82, 2.24) is 4.98 Å². The van der Waals surface area contributed by atoms with E-state index in [0.29, 0.717) is 5.69 Å². The molecule has 0 aliphatic heterocycles. The first kappa shape index (κ1) is 7.03. The highest BCUT2D eigenvalue weighted by Gasteiger charge is 2.04. The van der Waals surface area contributed by atoms with Crippen molar-refractivity contribution in [2.75, 3.05) is 5.73 Å². The van der Waals surface area contributed by atoms with Gasteiger partial charge in [-0.2, -0.15) is 0 Å². The fourth-order valence-electron chi connectivity index (χ4n) is 1.34. The van der Waals surface area contributed by atoms with E-state index in [9.17, 15) is 5.11 Å². The van der Waals surface area contributed by atoms with Gasteiger partial charge >= 0.3 is 0 Å². The Hall–Kier alpha value is -1.64. The summed E-state index contributed by atoms with van der Waals surface area (Å²) in [6, 6.07) is 5.53. The topological polar surface area (TPSA) is 62.0 Å².